The van der Waals surface area contributed by atoms with Crippen molar-refractivity contribution in [3.63, 3.8) is 0 Å². The highest BCUT2D eigenvalue weighted by Gasteiger charge is 2.34. The maximum absolute atomic E-state index is 13.1. The van der Waals surface area contributed by atoms with E-state index in [1.54, 1.807) is 0 Å². The monoisotopic (exact) mass is 570 g/mol. The summed E-state index contributed by atoms with van der Waals surface area (Å²) in [5.41, 5.74) is -0.168. The second-order valence-corrected chi connectivity index (χ2v) is 11.7. The van der Waals surface area contributed by atoms with Gasteiger partial charge in [-0.25, -0.2) is 18.4 Å². The first-order valence-electron chi connectivity index (χ1n) is 12.2. The van der Waals surface area contributed by atoms with Crippen molar-refractivity contribution >= 4 is 38.3 Å². The average Bonchev–Trinajstić information content (AvgIpc) is 2.86. The van der Waals surface area contributed by atoms with E-state index in [-0.39, 0.29) is 18.0 Å². The maximum Gasteiger partial charge on any atom is 0.416 e. The lowest BCUT2D eigenvalue weighted by atomic mass is 10.2. The van der Waals surface area contributed by atoms with Crippen LogP contribution in [-0.2, 0) is 22.7 Å². The highest BCUT2D eigenvalue weighted by atomic mass is 35.5. The summed E-state index contributed by atoms with van der Waals surface area (Å²) < 4.78 is 66.3. The highest BCUT2D eigenvalue weighted by Crippen LogP contribution is 2.34. The number of hydrogen-bond donors (Lipinski definition) is 1. The lowest BCUT2D eigenvalue weighted by Crippen LogP contribution is -2.48. The summed E-state index contributed by atoms with van der Waals surface area (Å²) in [7, 11) is 0.0150. The predicted octanol–water partition coefficient (Wildman–Crippen LogP) is 4.17. The van der Waals surface area contributed by atoms with Gasteiger partial charge in [-0.3, -0.25) is 4.90 Å². The van der Waals surface area contributed by atoms with Gasteiger partial charge in [-0.1, -0.05) is 23.7 Å². The van der Waals surface area contributed by atoms with E-state index in [0.29, 0.717) is 31.5 Å². The zero-order valence-corrected chi connectivity index (χ0v) is 22.7. The number of nitrogens with one attached hydrogen (secondary N) is 1. The first-order chi connectivity index (χ1) is 17.9. The number of halogens is 4. The Morgan fingerprint density at radius 1 is 1.05 bits per heavy atom. The summed E-state index contributed by atoms with van der Waals surface area (Å²) in [4.78, 5) is 13.3. The smallest absolute Gasteiger partial charge is 0.369 e. The molecule has 4 rings (SSSR count). The number of piperazine rings is 1. The van der Waals surface area contributed by atoms with E-state index < -0.39 is 26.8 Å². The van der Waals surface area contributed by atoms with E-state index in [1.165, 1.54) is 4.31 Å². The van der Waals surface area contributed by atoms with Crippen LogP contribution in [0, 0.1) is 0 Å². The first-order valence-corrected chi connectivity index (χ1v) is 14.0. The van der Waals surface area contributed by atoms with Crippen molar-refractivity contribution in [1.82, 2.24) is 24.1 Å². The summed E-state index contributed by atoms with van der Waals surface area (Å²) >= 11 is 5.96. The van der Waals surface area contributed by atoms with Gasteiger partial charge in [0.15, 0.2) is 0 Å². The molecule has 0 radical (unpaired) electrons. The predicted molar refractivity (Wildman–Crippen MR) is 142 cm³/mol. The minimum Gasteiger partial charge on any atom is -0.369 e. The fraction of sp³-hybridized carbons (Fsp3) is 0.440. The molecule has 206 valence electrons. The molecule has 3 aromatic rings. The number of nitrogens with zero attached hydrogens (tertiary/aromatic N) is 5. The number of anilines is 1. The van der Waals surface area contributed by atoms with Crippen molar-refractivity contribution in [2.75, 3.05) is 58.7 Å². The molecule has 1 aromatic heterocycles. The van der Waals surface area contributed by atoms with Crippen LogP contribution in [0.3, 0.4) is 0 Å². The van der Waals surface area contributed by atoms with Crippen LogP contribution in [0.25, 0.3) is 10.9 Å². The molecule has 13 heteroatoms. The molecule has 1 fully saturated rings. The van der Waals surface area contributed by atoms with Crippen LogP contribution < -0.4 is 5.32 Å². The van der Waals surface area contributed by atoms with Crippen molar-refractivity contribution in [3.8, 4) is 0 Å². The molecule has 1 saturated heterocycles. The largest absolute Gasteiger partial charge is 0.416 e. The third-order valence-electron chi connectivity index (χ3n) is 6.30. The van der Waals surface area contributed by atoms with Crippen molar-refractivity contribution in [1.29, 1.82) is 0 Å². The Morgan fingerprint density at radius 3 is 2.42 bits per heavy atom. The normalized spacial score (nSPS) is 15.9. The lowest BCUT2D eigenvalue weighted by Gasteiger charge is -2.33. The van der Waals surface area contributed by atoms with E-state index in [9.17, 15) is 21.6 Å². The Bertz CT molecular complexity index is 1380. The lowest BCUT2D eigenvalue weighted by molar-refractivity contribution is -0.137. The van der Waals surface area contributed by atoms with Crippen LogP contribution >= 0.6 is 11.6 Å². The van der Waals surface area contributed by atoms with E-state index in [1.807, 2.05) is 38.4 Å². The van der Waals surface area contributed by atoms with E-state index >= 15 is 0 Å². The molecule has 8 nitrogen and oxygen atoms in total. The molecule has 0 atom stereocenters. The number of aromatic nitrogens is 2. The Kier molecular flexibility index (Phi) is 8.78. The van der Waals surface area contributed by atoms with Gasteiger partial charge < -0.3 is 10.2 Å². The summed E-state index contributed by atoms with van der Waals surface area (Å²) in [6.07, 6.45) is -3.65. The Balaban J connectivity index is 1.43. The number of fused-ring (bicyclic) bond motifs is 1. The number of benzene rings is 2. The molecular weight excluding hydrogens is 541 g/mol. The molecule has 2 aromatic carbocycles. The van der Waals surface area contributed by atoms with Crippen LogP contribution in [0.4, 0.5) is 19.0 Å². The van der Waals surface area contributed by atoms with Crippen molar-refractivity contribution in [3.05, 3.63) is 58.9 Å². The van der Waals surface area contributed by atoms with Gasteiger partial charge in [-0.15, -0.1) is 0 Å². The quantitative estimate of drug-likeness (QED) is 0.387. The van der Waals surface area contributed by atoms with Crippen molar-refractivity contribution < 1.29 is 21.6 Å². The van der Waals surface area contributed by atoms with Crippen LogP contribution in [0.15, 0.2) is 47.4 Å². The Hall–Kier alpha value is -2.51. The van der Waals surface area contributed by atoms with Gasteiger partial charge in [0.2, 0.25) is 10.0 Å². The Morgan fingerprint density at radius 2 is 1.76 bits per heavy atom. The molecule has 0 bridgehead atoms. The van der Waals surface area contributed by atoms with Gasteiger partial charge in [0.05, 0.1) is 22.6 Å². The van der Waals surface area contributed by atoms with Crippen molar-refractivity contribution in [2.45, 2.75) is 24.0 Å². The van der Waals surface area contributed by atoms with Gasteiger partial charge in [0, 0.05) is 38.1 Å². The van der Waals surface area contributed by atoms with Crippen LogP contribution in [0.1, 0.15) is 17.8 Å². The first kappa shape index (κ1) is 28.5. The second kappa shape index (κ2) is 11.7. The number of sulfonamides is 1. The molecule has 1 aliphatic heterocycles. The highest BCUT2D eigenvalue weighted by molar-refractivity contribution is 7.89. The third kappa shape index (κ3) is 6.73. The third-order valence-corrected chi connectivity index (χ3v) is 8.68. The molecule has 0 unspecified atom stereocenters. The molecule has 0 spiro atoms. The summed E-state index contributed by atoms with van der Waals surface area (Å²) in [6.45, 7) is 3.33. The zero-order chi connectivity index (χ0) is 27.5. The van der Waals surface area contributed by atoms with Gasteiger partial charge in [0.1, 0.15) is 16.5 Å². The second-order valence-electron chi connectivity index (χ2n) is 9.41. The van der Waals surface area contributed by atoms with Crippen LogP contribution in [0.5, 0.6) is 0 Å². The number of hydrogen-bond acceptors (Lipinski definition) is 7. The van der Waals surface area contributed by atoms with E-state index in [2.05, 4.69) is 15.1 Å². The minimum atomic E-state index is -4.61. The SMILES string of the molecule is CN(C)CCCNc1nc(CN2CCN(S(=O)(=O)c3ccc(C(F)(F)F)cc3Cl)CC2)nc2ccccc12. The molecule has 2 heterocycles. The standard InChI is InChI=1S/C25H30ClF3N6O2S/c1-33(2)11-5-10-30-24-19-6-3-4-7-21(19)31-23(32-24)17-34-12-14-35(15-13-34)38(36,37)22-9-8-18(16-20(22)26)25(27,28)29/h3-4,6-9,16H,5,10-15,17H2,1-2H3,(H,30,31,32). The summed E-state index contributed by atoms with van der Waals surface area (Å²) in [5, 5.41) is 3.91. The number of para-hydroxylation sites is 1. The van der Waals surface area contributed by atoms with Gasteiger partial charge in [-0.05, 0) is 57.4 Å². The molecule has 0 saturated carbocycles. The molecule has 1 N–H and O–H groups in total. The topological polar surface area (TPSA) is 81.7 Å². The maximum atomic E-state index is 13.1. The summed E-state index contributed by atoms with van der Waals surface area (Å²) in [5.74, 6) is 1.39. The molecular formula is C25H30ClF3N6O2S. The van der Waals surface area contributed by atoms with Crippen LogP contribution in [-0.4, -0.2) is 85.9 Å². The average molecular weight is 571 g/mol. The fourth-order valence-electron chi connectivity index (χ4n) is 4.29. The van der Waals surface area contributed by atoms with E-state index in [4.69, 9.17) is 21.6 Å². The minimum absolute atomic E-state index is 0.170. The molecule has 0 amide bonds. The fourth-order valence-corrected chi connectivity index (χ4v) is 6.23. The Labute approximate surface area is 225 Å². The molecule has 1 aliphatic rings. The van der Waals surface area contributed by atoms with E-state index in [0.717, 1.165) is 48.4 Å². The number of alkyl halides is 3. The van der Waals surface area contributed by atoms with Gasteiger partial charge in [-0.2, -0.15) is 17.5 Å². The zero-order valence-electron chi connectivity index (χ0n) is 21.2. The molecule has 38 heavy (non-hydrogen) atoms. The van der Waals surface area contributed by atoms with Gasteiger partial charge in [0.25, 0.3) is 0 Å². The number of rotatable bonds is 9. The van der Waals surface area contributed by atoms with Crippen LogP contribution in [0.2, 0.25) is 5.02 Å². The van der Waals surface area contributed by atoms with Crippen molar-refractivity contribution in [2.24, 2.45) is 0 Å². The summed E-state index contributed by atoms with van der Waals surface area (Å²) in [6, 6.07) is 10.1. The molecule has 0 aliphatic carbocycles. The van der Waals surface area contributed by atoms with Gasteiger partial charge >= 0.3 is 6.18 Å².